The third kappa shape index (κ3) is 2.32. The highest BCUT2D eigenvalue weighted by molar-refractivity contribution is 6.67. The smallest absolute Gasteiger partial charge is 0.324 e. The summed E-state index contributed by atoms with van der Waals surface area (Å²) >= 11 is 0. The SMILES string of the molecule is [C-]#[N+]c1ccc(N(C)c2ccc3c(c2)COB3C)cc1[N+]#[C-]. The molecule has 1 aliphatic heterocycles. The standard InChI is InChI=1S/C17H14BN3O/c1-18-15-7-5-13(9-12(15)11-22-18)21(4)14-6-8-16(19-2)17(10-14)20-3/h5-10H,11H2,1,4H3. The van der Waals surface area contributed by atoms with Gasteiger partial charge in [0, 0.05) is 18.4 Å². The average Bonchev–Trinajstić information content (AvgIpc) is 2.94. The maximum Gasteiger partial charge on any atom is 0.324 e. The van der Waals surface area contributed by atoms with E-state index in [1.165, 1.54) is 11.0 Å². The molecule has 0 saturated heterocycles. The average molecular weight is 287 g/mol. The Morgan fingerprint density at radius 1 is 1.05 bits per heavy atom. The van der Waals surface area contributed by atoms with Gasteiger partial charge >= 0.3 is 6.92 Å². The number of benzene rings is 2. The van der Waals surface area contributed by atoms with Crippen LogP contribution in [0.4, 0.5) is 22.7 Å². The minimum Gasteiger partial charge on any atom is -0.427 e. The summed E-state index contributed by atoms with van der Waals surface area (Å²) in [5.74, 6) is 0. The minimum absolute atomic E-state index is 0.154. The Morgan fingerprint density at radius 2 is 1.73 bits per heavy atom. The molecule has 0 aliphatic carbocycles. The highest BCUT2D eigenvalue weighted by Gasteiger charge is 2.23. The van der Waals surface area contributed by atoms with Crippen LogP contribution in [0.1, 0.15) is 5.56 Å². The van der Waals surface area contributed by atoms with E-state index in [9.17, 15) is 0 Å². The van der Waals surface area contributed by atoms with E-state index < -0.39 is 0 Å². The number of anilines is 2. The highest BCUT2D eigenvalue weighted by atomic mass is 16.4. The highest BCUT2D eigenvalue weighted by Crippen LogP contribution is 2.34. The third-order valence-electron chi connectivity index (χ3n) is 4.03. The van der Waals surface area contributed by atoms with E-state index in [1.54, 1.807) is 12.1 Å². The molecule has 0 N–H and O–H groups in total. The largest absolute Gasteiger partial charge is 0.427 e. The molecule has 22 heavy (non-hydrogen) atoms. The van der Waals surface area contributed by atoms with Gasteiger partial charge in [0.15, 0.2) is 11.4 Å². The topological polar surface area (TPSA) is 21.2 Å². The number of rotatable bonds is 2. The van der Waals surface area contributed by atoms with E-state index in [0.29, 0.717) is 18.0 Å². The van der Waals surface area contributed by atoms with Crippen molar-refractivity contribution in [1.29, 1.82) is 0 Å². The van der Waals surface area contributed by atoms with Crippen LogP contribution in [0.3, 0.4) is 0 Å². The summed E-state index contributed by atoms with van der Waals surface area (Å²) in [5.41, 5.74) is 5.16. The van der Waals surface area contributed by atoms with Crippen molar-refractivity contribution < 1.29 is 4.65 Å². The first-order valence-corrected chi connectivity index (χ1v) is 7.01. The summed E-state index contributed by atoms with van der Waals surface area (Å²) in [6.07, 6.45) is 0. The monoisotopic (exact) mass is 287 g/mol. The second-order valence-corrected chi connectivity index (χ2v) is 5.29. The van der Waals surface area contributed by atoms with Crippen LogP contribution in [-0.2, 0) is 11.3 Å². The second-order valence-electron chi connectivity index (χ2n) is 5.29. The van der Waals surface area contributed by atoms with E-state index in [1.807, 2.05) is 18.0 Å². The van der Waals surface area contributed by atoms with Crippen molar-refractivity contribution in [3.05, 3.63) is 64.8 Å². The molecular weight excluding hydrogens is 273 g/mol. The van der Waals surface area contributed by atoms with E-state index >= 15 is 0 Å². The van der Waals surface area contributed by atoms with Crippen LogP contribution in [0.5, 0.6) is 0 Å². The van der Waals surface area contributed by atoms with Crippen molar-refractivity contribution in [2.24, 2.45) is 0 Å². The molecule has 0 saturated carbocycles. The van der Waals surface area contributed by atoms with Crippen molar-refractivity contribution in [2.45, 2.75) is 13.4 Å². The zero-order valence-electron chi connectivity index (χ0n) is 12.5. The molecule has 0 spiro atoms. The molecule has 5 heteroatoms. The molecule has 0 amide bonds. The van der Waals surface area contributed by atoms with Crippen molar-refractivity contribution >= 4 is 35.1 Å². The Hall–Kier alpha value is -2.76. The summed E-state index contributed by atoms with van der Waals surface area (Å²) in [5, 5.41) is 0. The van der Waals surface area contributed by atoms with E-state index in [0.717, 1.165) is 11.4 Å². The lowest BCUT2D eigenvalue weighted by molar-refractivity contribution is 0.333. The molecule has 3 rings (SSSR count). The first kappa shape index (κ1) is 14.2. The van der Waals surface area contributed by atoms with E-state index in [4.69, 9.17) is 17.8 Å². The van der Waals surface area contributed by atoms with Gasteiger partial charge in [-0.3, -0.25) is 9.69 Å². The van der Waals surface area contributed by atoms with Gasteiger partial charge in [0.2, 0.25) is 0 Å². The van der Waals surface area contributed by atoms with Crippen molar-refractivity contribution in [1.82, 2.24) is 0 Å². The van der Waals surface area contributed by atoms with Crippen LogP contribution in [0.2, 0.25) is 6.82 Å². The summed E-state index contributed by atoms with van der Waals surface area (Å²) in [6, 6.07) is 11.6. The lowest BCUT2D eigenvalue weighted by Crippen LogP contribution is -2.24. The number of fused-ring (bicyclic) bond motifs is 1. The summed E-state index contributed by atoms with van der Waals surface area (Å²) in [4.78, 5) is 8.83. The lowest BCUT2D eigenvalue weighted by atomic mass is 9.64. The lowest BCUT2D eigenvalue weighted by Gasteiger charge is -2.21. The quantitative estimate of drug-likeness (QED) is 0.616. The van der Waals surface area contributed by atoms with Crippen molar-refractivity contribution in [3.63, 3.8) is 0 Å². The molecular formula is C17H14BN3O. The molecule has 2 aromatic rings. The molecule has 2 aromatic carbocycles. The van der Waals surface area contributed by atoms with Crippen LogP contribution in [0.15, 0.2) is 36.4 Å². The van der Waals surface area contributed by atoms with Crippen molar-refractivity contribution in [3.8, 4) is 0 Å². The van der Waals surface area contributed by atoms with E-state index in [2.05, 4.69) is 34.7 Å². The molecule has 1 heterocycles. The zero-order chi connectivity index (χ0) is 15.7. The van der Waals surface area contributed by atoms with Gasteiger partial charge in [-0.15, -0.1) is 0 Å². The maximum absolute atomic E-state index is 7.20. The molecule has 106 valence electrons. The minimum atomic E-state index is 0.154. The van der Waals surface area contributed by atoms with Gasteiger partial charge in [-0.05, 0) is 29.2 Å². The maximum atomic E-state index is 7.20. The van der Waals surface area contributed by atoms with E-state index in [-0.39, 0.29) is 6.92 Å². The Kier molecular flexibility index (Phi) is 3.59. The van der Waals surface area contributed by atoms with Crippen LogP contribution < -0.4 is 10.4 Å². The molecule has 0 fully saturated rings. The molecule has 0 unspecified atom stereocenters. The first-order valence-electron chi connectivity index (χ1n) is 7.01. The second kappa shape index (κ2) is 5.56. The first-order chi connectivity index (χ1) is 10.6. The van der Waals surface area contributed by atoms with Gasteiger partial charge in [0.1, 0.15) is 0 Å². The van der Waals surface area contributed by atoms with Gasteiger partial charge < -0.3 is 9.55 Å². The zero-order valence-corrected chi connectivity index (χ0v) is 12.5. The normalized spacial score (nSPS) is 12.5. The summed E-state index contributed by atoms with van der Waals surface area (Å²) in [6.45, 7) is 17.1. The Morgan fingerprint density at radius 3 is 2.45 bits per heavy atom. The van der Waals surface area contributed by atoms with Crippen LogP contribution in [0.25, 0.3) is 9.69 Å². The summed E-state index contributed by atoms with van der Waals surface area (Å²) in [7, 11) is 1.96. The molecule has 0 aromatic heterocycles. The number of nitrogens with zero attached hydrogens (tertiary/aromatic N) is 3. The number of hydrogen-bond donors (Lipinski definition) is 0. The predicted octanol–water partition coefficient (Wildman–Crippen LogP) is 3.91. The van der Waals surface area contributed by atoms with Crippen molar-refractivity contribution in [2.75, 3.05) is 11.9 Å². The molecule has 4 nitrogen and oxygen atoms in total. The Balaban J connectivity index is 1.97. The fourth-order valence-corrected chi connectivity index (χ4v) is 2.68. The van der Waals surface area contributed by atoms with Crippen LogP contribution >= 0.6 is 0 Å². The molecule has 1 aliphatic rings. The Bertz CT molecular complexity index is 820. The van der Waals surface area contributed by atoms with Gasteiger partial charge in [0.25, 0.3) is 0 Å². The van der Waals surface area contributed by atoms with Crippen LogP contribution in [-0.4, -0.2) is 14.0 Å². The fourth-order valence-electron chi connectivity index (χ4n) is 2.68. The third-order valence-corrected chi connectivity index (χ3v) is 4.03. The predicted molar refractivity (Wildman–Crippen MR) is 89.5 cm³/mol. The van der Waals surface area contributed by atoms with Gasteiger partial charge in [0.05, 0.1) is 19.8 Å². The molecule has 0 atom stereocenters. The molecule has 0 bridgehead atoms. The van der Waals surface area contributed by atoms with Gasteiger partial charge in [-0.2, -0.15) is 0 Å². The van der Waals surface area contributed by atoms with Gasteiger partial charge in [-0.1, -0.05) is 25.0 Å². The Labute approximate surface area is 130 Å². The summed E-state index contributed by atoms with van der Waals surface area (Å²) < 4.78 is 5.64. The molecule has 0 radical (unpaired) electrons. The van der Waals surface area contributed by atoms with Crippen LogP contribution in [0, 0.1) is 13.1 Å². The number of hydrogen-bond acceptors (Lipinski definition) is 2. The van der Waals surface area contributed by atoms with Gasteiger partial charge in [-0.25, -0.2) is 0 Å². The fraction of sp³-hybridized carbons (Fsp3) is 0.176.